The van der Waals surface area contributed by atoms with Crippen molar-refractivity contribution >= 4 is 10.1 Å². The molecule has 0 aromatic heterocycles. The monoisotopic (exact) mass is 361 g/mol. The summed E-state index contributed by atoms with van der Waals surface area (Å²) in [5.74, 6) is 2.27. The van der Waals surface area contributed by atoms with Gasteiger partial charge < -0.3 is 5.32 Å². The number of benzene rings is 1. The van der Waals surface area contributed by atoms with Crippen molar-refractivity contribution in [2.75, 3.05) is 6.54 Å². The molecule has 25 heavy (non-hydrogen) atoms. The summed E-state index contributed by atoms with van der Waals surface area (Å²) in [5.41, 5.74) is 0.811. The van der Waals surface area contributed by atoms with Gasteiger partial charge in [-0.05, 0) is 61.8 Å². The summed E-state index contributed by atoms with van der Waals surface area (Å²) >= 11 is 0. The molecule has 6 rings (SSSR count). The van der Waals surface area contributed by atoms with Gasteiger partial charge in [0.2, 0.25) is 0 Å². The zero-order chi connectivity index (χ0) is 17.1. The molecule has 4 atom stereocenters. The van der Waals surface area contributed by atoms with Crippen LogP contribution in [0.1, 0.15) is 44.1 Å². The van der Waals surface area contributed by atoms with E-state index < -0.39 is 10.1 Å². The smallest absolute Gasteiger partial charge is 0.272 e. The average molecular weight is 362 g/mol. The standard InChI is InChI=1S/C20H27NO3S/c22-25(23)19(13-21-12-14-4-2-1-3-5-14)18-9-15-6-16-8-17(7-15)11-20(18,10-16)24-25/h1-5,15-19,21H,6-13H2/t15?,16?,17?,18-,19-,20?/m0/s1. The first kappa shape index (κ1) is 16.3. The molecule has 136 valence electrons. The fourth-order valence-corrected chi connectivity index (χ4v) is 8.41. The lowest BCUT2D eigenvalue weighted by Gasteiger charge is -2.43. The number of rotatable bonds is 4. The first-order valence-corrected chi connectivity index (χ1v) is 11.2. The average Bonchev–Trinajstić information content (AvgIpc) is 2.64. The third-order valence-corrected chi connectivity index (χ3v) is 8.95. The quantitative estimate of drug-likeness (QED) is 0.838. The van der Waals surface area contributed by atoms with Crippen LogP contribution in [0.25, 0.3) is 0 Å². The maximum Gasteiger partial charge on any atom is 0.272 e. The molecule has 4 bridgehead atoms. The normalized spacial score (nSPS) is 43.8. The van der Waals surface area contributed by atoms with Crippen molar-refractivity contribution in [3.8, 4) is 0 Å². The van der Waals surface area contributed by atoms with Crippen LogP contribution in [0, 0.1) is 23.7 Å². The lowest BCUT2D eigenvalue weighted by Crippen LogP contribution is -2.44. The minimum absolute atomic E-state index is 0.182. The Morgan fingerprint density at radius 1 is 1.00 bits per heavy atom. The lowest BCUT2D eigenvalue weighted by molar-refractivity contribution is -0.0267. The van der Waals surface area contributed by atoms with Crippen LogP contribution in [0.15, 0.2) is 30.3 Å². The largest absolute Gasteiger partial charge is 0.311 e. The van der Waals surface area contributed by atoms with Gasteiger partial charge in [0, 0.05) is 19.0 Å². The molecule has 4 aliphatic carbocycles. The minimum Gasteiger partial charge on any atom is -0.311 e. The van der Waals surface area contributed by atoms with E-state index in [0.717, 1.165) is 19.3 Å². The fourth-order valence-electron chi connectivity index (χ4n) is 6.48. The molecule has 0 amide bonds. The van der Waals surface area contributed by atoms with Gasteiger partial charge in [0.15, 0.2) is 0 Å². The summed E-state index contributed by atoms with van der Waals surface area (Å²) in [5, 5.41) is 3.01. The molecule has 1 aromatic carbocycles. The van der Waals surface area contributed by atoms with Gasteiger partial charge in [-0.15, -0.1) is 0 Å². The molecule has 5 fully saturated rings. The lowest BCUT2D eigenvalue weighted by atomic mass is 9.65. The van der Waals surface area contributed by atoms with Crippen LogP contribution in [0.5, 0.6) is 0 Å². The van der Waals surface area contributed by atoms with Gasteiger partial charge in [0.1, 0.15) is 5.25 Å². The SMILES string of the molecule is O=S1(=O)OC23CC4CC(CC(C4)C2)C[C@H]3[C@@H]1CNCc1ccccc1. The second-order valence-corrected chi connectivity index (χ2v) is 10.6. The van der Waals surface area contributed by atoms with E-state index in [9.17, 15) is 8.42 Å². The highest BCUT2D eigenvalue weighted by Gasteiger charge is 2.63. The van der Waals surface area contributed by atoms with Crippen molar-refractivity contribution in [2.24, 2.45) is 23.7 Å². The maximum absolute atomic E-state index is 12.8. The molecule has 1 saturated heterocycles. The summed E-state index contributed by atoms with van der Waals surface area (Å²) in [7, 11) is -3.47. The summed E-state index contributed by atoms with van der Waals surface area (Å²) in [4.78, 5) is 0. The third-order valence-electron chi connectivity index (χ3n) is 7.15. The second kappa shape index (κ2) is 5.80. The number of nitrogens with one attached hydrogen (secondary N) is 1. The van der Waals surface area contributed by atoms with Crippen LogP contribution in [0.3, 0.4) is 0 Å². The van der Waals surface area contributed by atoms with E-state index in [0.29, 0.717) is 30.8 Å². The predicted octanol–water partition coefficient (Wildman–Crippen LogP) is 3.09. The molecule has 1 N–H and O–H groups in total. The van der Waals surface area contributed by atoms with Gasteiger partial charge in [-0.2, -0.15) is 8.42 Å². The zero-order valence-corrected chi connectivity index (χ0v) is 15.4. The van der Waals surface area contributed by atoms with Gasteiger partial charge >= 0.3 is 0 Å². The van der Waals surface area contributed by atoms with E-state index in [2.05, 4.69) is 17.4 Å². The molecule has 0 radical (unpaired) electrons. The molecule has 1 aromatic rings. The van der Waals surface area contributed by atoms with Crippen molar-refractivity contribution in [1.29, 1.82) is 0 Å². The Morgan fingerprint density at radius 2 is 1.68 bits per heavy atom. The van der Waals surface area contributed by atoms with Gasteiger partial charge in [-0.1, -0.05) is 30.3 Å². The van der Waals surface area contributed by atoms with Crippen LogP contribution in [0.4, 0.5) is 0 Å². The van der Waals surface area contributed by atoms with Crippen LogP contribution >= 0.6 is 0 Å². The van der Waals surface area contributed by atoms with Crippen LogP contribution in [0.2, 0.25) is 0 Å². The number of hydrogen-bond donors (Lipinski definition) is 1. The molecular formula is C20H27NO3S. The van der Waals surface area contributed by atoms with Gasteiger partial charge in [0.25, 0.3) is 10.1 Å². The fraction of sp³-hybridized carbons (Fsp3) is 0.700. The van der Waals surface area contributed by atoms with E-state index >= 15 is 0 Å². The summed E-state index contributed by atoms with van der Waals surface area (Å²) in [6, 6.07) is 10.2. The molecular weight excluding hydrogens is 334 g/mol. The predicted molar refractivity (Wildman–Crippen MR) is 96.3 cm³/mol. The van der Waals surface area contributed by atoms with Crippen LogP contribution in [-0.2, 0) is 20.8 Å². The molecule has 1 aliphatic heterocycles. The van der Waals surface area contributed by atoms with Crippen molar-refractivity contribution in [2.45, 2.75) is 55.9 Å². The number of hydrogen-bond acceptors (Lipinski definition) is 4. The van der Waals surface area contributed by atoms with E-state index in [-0.39, 0.29) is 16.8 Å². The molecule has 1 heterocycles. The Bertz CT molecular complexity index is 733. The highest BCUT2D eigenvalue weighted by molar-refractivity contribution is 7.87. The van der Waals surface area contributed by atoms with E-state index in [1.807, 2.05) is 18.2 Å². The van der Waals surface area contributed by atoms with Gasteiger partial charge in [-0.25, -0.2) is 0 Å². The van der Waals surface area contributed by atoms with Crippen LogP contribution < -0.4 is 5.32 Å². The molecule has 1 spiro atoms. The van der Waals surface area contributed by atoms with E-state index in [4.69, 9.17) is 4.18 Å². The molecule has 2 unspecified atom stereocenters. The summed E-state index contributed by atoms with van der Waals surface area (Å²) in [6.45, 7) is 1.22. The molecule has 4 nitrogen and oxygen atoms in total. The topological polar surface area (TPSA) is 55.4 Å². The van der Waals surface area contributed by atoms with Gasteiger partial charge in [-0.3, -0.25) is 4.18 Å². The minimum atomic E-state index is -3.47. The third kappa shape index (κ3) is 2.75. The van der Waals surface area contributed by atoms with E-state index in [1.54, 1.807) is 0 Å². The first-order chi connectivity index (χ1) is 12.0. The van der Waals surface area contributed by atoms with Crippen LogP contribution in [-0.4, -0.2) is 25.8 Å². The van der Waals surface area contributed by atoms with Gasteiger partial charge in [0.05, 0.1) is 5.60 Å². The Labute approximate surface area is 150 Å². The van der Waals surface area contributed by atoms with Crippen molar-refractivity contribution in [3.63, 3.8) is 0 Å². The zero-order valence-electron chi connectivity index (χ0n) is 14.6. The van der Waals surface area contributed by atoms with Crippen molar-refractivity contribution < 1.29 is 12.6 Å². The molecule has 5 aliphatic rings. The first-order valence-electron chi connectivity index (χ1n) is 9.73. The second-order valence-electron chi connectivity index (χ2n) is 8.85. The highest BCUT2D eigenvalue weighted by Crippen LogP contribution is 2.61. The summed E-state index contributed by atoms with van der Waals surface area (Å²) in [6.07, 6.45) is 6.87. The van der Waals surface area contributed by atoms with E-state index in [1.165, 1.54) is 24.8 Å². The molecule has 4 saturated carbocycles. The van der Waals surface area contributed by atoms with Crippen molar-refractivity contribution in [3.05, 3.63) is 35.9 Å². The molecule has 5 heteroatoms. The Kier molecular flexibility index (Phi) is 3.77. The Balaban J connectivity index is 1.36. The Hall–Kier alpha value is -0.910. The van der Waals surface area contributed by atoms with Crippen molar-refractivity contribution in [1.82, 2.24) is 5.32 Å². The Morgan fingerprint density at radius 3 is 2.40 bits per heavy atom. The highest BCUT2D eigenvalue weighted by atomic mass is 32.2. The maximum atomic E-state index is 12.8. The summed E-state index contributed by atoms with van der Waals surface area (Å²) < 4.78 is 31.6.